The molecular formula is C26H42O9. The van der Waals surface area contributed by atoms with Gasteiger partial charge in [-0.2, -0.15) is 0 Å². The van der Waals surface area contributed by atoms with Gasteiger partial charge in [0.25, 0.3) is 0 Å². The Hall–Kier alpha value is -0.810. The smallest absolute Gasteiger partial charge is 0.314 e. The van der Waals surface area contributed by atoms with Crippen LogP contribution in [0.4, 0.5) is 0 Å². The van der Waals surface area contributed by atoms with E-state index in [1.807, 2.05) is 6.92 Å². The van der Waals surface area contributed by atoms with E-state index in [4.69, 9.17) is 9.47 Å². The topological polar surface area (TPSA) is 157 Å². The van der Waals surface area contributed by atoms with Gasteiger partial charge in [0, 0.05) is 12.0 Å². The molecule has 0 aromatic carbocycles. The maximum Gasteiger partial charge on any atom is 0.314 e. The molecule has 0 radical (unpaired) electrons. The zero-order valence-corrected chi connectivity index (χ0v) is 20.8. The van der Waals surface area contributed by atoms with Crippen molar-refractivity contribution in [3.8, 4) is 0 Å². The fourth-order valence-corrected chi connectivity index (χ4v) is 9.35. The zero-order valence-electron chi connectivity index (χ0n) is 20.8. The third-order valence-corrected chi connectivity index (χ3v) is 11.1. The second kappa shape index (κ2) is 8.89. The number of esters is 1. The number of carbonyl (C=O) groups is 1. The second-order valence-electron chi connectivity index (χ2n) is 12.7. The minimum atomic E-state index is -1.64. The molecule has 4 aliphatic carbocycles. The lowest BCUT2D eigenvalue weighted by atomic mass is 9.40. The Labute approximate surface area is 206 Å². The number of rotatable bonds is 4. The molecule has 1 saturated heterocycles. The summed E-state index contributed by atoms with van der Waals surface area (Å²) in [6.07, 6.45) is -1.30. The van der Waals surface area contributed by atoms with Gasteiger partial charge in [-0.15, -0.1) is 0 Å². The number of ether oxygens (including phenoxy) is 2. The Morgan fingerprint density at radius 3 is 2.37 bits per heavy atom. The highest BCUT2D eigenvalue weighted by Gasteiger charge is 2.69. The molecule has 0 unspecified atom stereocenters. The van der Waals surface area contributed by atoms with Crippen LogP contribution in [-0.4, -0.2) is 86.6 Å². The first-order chi connectivity index (χ1) is 16.5. The van der Waals surface area contributed by atoms with Crippen LogP contribution in [0.1, 0.15) is 65.2 Å². The van der Waals surface area contributed by atoms with Crippen molar-refractivity contribution >= 4 is 5.97 Å². The molecule has 5 fully saturated rings. The van der Waals surface area contributed by atoms with E-state index >= 15 is 0 Å². The van der Waals surface area contributed by atoms with Crippen molar-refractivity contribution in [2.24, 2.45) is 39.9 Å². The molecule has 5 aliphatic rings. The quantitative estimate of drug-likeness (QED) is 0.300. The molecule has 9 heteroatoms. The molecule has 0 aromatic rings. The van der Waals surface area contributed by atoms with Gasteiger partial charge in [0.05, 0.1) is 18.1 Å². The van der Waals surface area contributed by atoms with E-state index in [-0.39, 0.29) is 35.2 Å². The third kappa shape index (κ3) is 3.64. The first kappa shape index (κ1) is 25.8. The van der Waals surface area contributed by atoms with E-state index in [0.717, 1.165) is 38.5 Å². The van der Waals surface area contributed by atoms with Crippen molar-refractivity contribution in [1.82, 2.24) is 0 Å². The molecule has 9 nitrogen and oxygen atoms in total. The molecule has 4 saturated carbocycles. The Kier molecular flexibility index (Phi) is 6.56. The molecule has 1 heterocycles. The highest BCUT2D eigenvalue weighted by molar-refractivity contribution is 5.77. The van der Waals surface area contributed by atoms with Crippen molar-refractivity contribution in [3.63, 3.8) is 0 Å². The number of hydrogen-bond acceptors (Lipinski definition) is 9. The third-order valence-electron chi connectivity index (χ3n) is 11.1. The summed E-state index contributed by atoms with van der Waals surface area (Å²) in [5.41, 5.74) is -1.29. The molecule has 200 valence electrons. The Morgan fingerprint density at radius 2 is 1.69 bits per heavy atom. The van der Waals surface area contributed by atoms with E-state index in [2.05, 4.69) is 6.92 Å². The summed E-state index contributed by atoms with van der Waals surface area (Å²) in [5.74, 6) is 0.278. The SMILES string of the molecule is C[C@@]12CCC[C@@](C)(C(=O)O[C@@H]3O[C@H](CO)[C@@H](O)[C@H](O)[C@H]3O)[C@H]1C[C@H](O)[C@@]13C[C@@H](CC[C@@H]21)[C@@H](CO)C3. The number of carbonyl (C=O) groups excluding carboxylic acids is 1. The number of aliphatic hydroxyl groups excluding tert-OH is 6. The van der Waals surface area contributed by atoms with Crippen LogP contribution in [0, 0.1) is 39.9 Å². The van der Waals surface area contributed by atoms with Gasteiger partial charge in [0.1, 0.15) is 24.4 Å². The molecule has 2 bridgehead atoms. The monoisotopic (exact) mass is 498 g/mol. The molecule has 35 heavy (non-hydrogen) atoms. The maximum atomic E-state index is 13.7. The maximum absolute atomic E-state index is 13.7. The first-order valence-electron chi connectivity index (χ1n) is 13.3. The minimum Gasteiger partial charge on any atom is -0.432 e. The van der Waals surface area contributed by atoms with Crippen LogP contribution in [0.2, 0.25) is 0 Å². The van der Waals surface area contributed by atoms with Crippen LogP contribution < -0.4 is 0 Å². The van der Waals surface area contributed by atoms with Gasteiger partial charge >= 0.3 is 5.97 Å². The van der Waals surface area contributed by atoms with Crippen LogP contribution in [0.25, 0.3) is 0 Å². The summed E-state index contributed by atoms with van der Waals surface area (Å²) in [6.45, 7) is 3.71. The molecule has 1 aliphatic heterocycles. The lowest BCUT2D eigenvalue weighted by Crippen LogP contribution is -2.64. The molecule has 5 rings (SSSR count). The zero-order chi connectivity index (χ0) is 25.3. The Morgan fingerprint density at radius 1 is 0.943 bits per heavy atom. The molecule has 1 spiro atoms. The van der Waals surface area contributed by atoms with Gasteiger partial charge in [-0.3, -0.25) is 4.79 Å². The van der Waals surface area contributed by atoms with Crippen molar-refractivity contribution < 1.29 is 44.9 Å². The fourth-order valence-electron chi connectivity index (χ4n) is 9.35. The van der Waals surface area contributed by atoms with Crippen molar-refractivity contribution in [2.75, 3.05) is 13.2 Å². The van der Waals surface area contributed by atoms with Crippen molar-refractivity contribution in [3.05, 3.63) is 0 Å². The fraction of sp³-hybridized carbons (Fsp3) is 0.962. The van der Waals surface area contributed by atoms with Crippen LogP contribution >= 0.6 is 0 Å². The Balaban J connectivity index is 1.40. The highest BCUT2D eigenvalue weighted by atomic mass is 16.7. The lowest BCUT2D eigenvalue weighted by Gasteiger charge is -2.65. The second-order valence-corrected chi connectivity index (χ2v) is 12.7. The standard InChI is InChI=1S/C26H42O9/c1-24-6-3-7-25(2,23(33)35-22-21(32)20(31)19(30)15(12-28)34-22)17(24)8-18(29)26-9-13(4-5-16(24)26)14(10-26)11-27/h13-22,27-32H,3-12H2,1-2H3/t13-,14-,15-,16+,17+,18+,19-,20+,21-,22+,24+,25-,26-/m1/s1. The van der Waals surface area contributed by atoms with Crippen LogP contribution in [0.15, 0.2) is 0 Å². The van der Waals surface area contributed by atoms with Crippen LogP contribution in [-0.2, 0) is 14.3 Å². The number of hydrogen-bond donors (Lipinski definition) is 6. The summed E-state index contributed by atoms with van der Waals surface area (Å²) in [7, 11) is 0. The van der Waals surface area contributed by atoms with Gasteiger partial charge in [-0.25, -0.2) is 0 Å². The van der Waals surface area contributed by atoms with Gasteiger partial charge in [0.15, 0.2) is 0 Å². The van der Waals surface area contributed by atoms with Gasteiger partial charge in [-0.1, -0.05) is 13.3 Å². The first-order valence-corrected chi connectivity index (χ1v) is 13.3. The van der Waals surface area contributed by atoms with E-state index < -0.39 is 54.8 Å². The normalized spacial score (nSPS) is 55.7. The number of aliphatic hydroxyl groups is 6. The summed E-state index contributed by atoms with van der Waals surface area (Å²) >= 11 is 0. The van der Waals surface area contributed by atoms with Gasteiger partial charge in [0.2, 0.25) is 6.29 Å². The van der Waals surface area contributed by atoms with E-state index in [1.54, 1.807) is 0 Å². The van der Waals surface area contributed by atoms with E-state index in [9.17, 15) is 35.4 Å². The molecule has 13 atom stereocenters. The van der Waals surface area contributed by atoms with Crippen LogP contribution in [0.5, 0.6) is 0 Å². The summed E-state index contributed by atoms with van der Waals surface area (Å²) in [4.78, 5) is 13.7. The molecule has 0 amide bonds. The lowest BCUT2D eigenvalue weighted by molar-refractivity contribution is -0.298. The Bertz CT molecular complexity index is 821. The predicted molar refractivity (Wildman–Crippen MR) is 122 cm³/mol. The summed E-state index contributed by atoms with van der Waals surface area (Å²) in [5, 5.41) is 61.6. The summed E-state index contributed by atoms with van der Waals surface area (Å²) in [6, 6.07) is 0. The minimum absolute atomic E-state index is 0.128. The molecule has 0 aromatic heterocycles. The molecular weight excluding hydrogens is 456 g/mol. The average molecular weight is 499 g/mol. The van der Waals surface area contributed by atoms with E-state index in [0.29, 0.717) is 18.8 Å². The molecule has 6 N–H and O–H groups in total. The highest BCUT2D eigenvalue weighted by Crippen LogP contribution is 2.72. The average Bonchev–Trinajstić information content (AvgIpc) is 3.12. The largest absolute Gasteiger partial charge is 0.432 e. The summed E-state index contributed by atoms with van der Waals surface area (Å²) < 4.78 is 11.1. The van der Waals surface area contributed by atoms with E-state index in [1.165, 1.54) is 0 Å². The van der Waals surface area contributed by atoms with Gasteiger partial charge in [-0.05, 0) is 81.0 Å². The van der Waals surface area contributed by atoms with Crippen molar-refractivity contribution in [1.29, 1.82) is 0 Å². The number of fused-ring (bicyclic) bond motifs is 3. The van der Waals surface area contributed by atoms with Crippen LogP contribution in [0.3, 0.4) is 0 Å². The van der Waals surface area contributed by atoms with Crippen molar-refractivity contribution in [2.45, 2.75) is 102 Å². The van der Waals surface area contributed by atoms with Gasteiger partial charge < -0.3 is 40.1 Å². The predicted octanol–water partition coefficient (Wildman–Crippen LogP) is 0.322.